The quantitative estimate of drug-likeness (QED) is 0.565. The fourth-order valence-corrected chi connectivity index (χ4v) is 2.74. The normalized spacial score (nSPS) is 10.7. The minimum Gasteiger partial charge on any atom is -0.492 e. The van der Waals surface area contributed by atoms with E-state index >= 15 is 0 Å². The lowest BCUT2D eigenvalue weighted by atomic mass is 10.2. The van der Waals surface area contributed by atoms with Gasteiger partial charge in [0.15, 0.2) is 0 Å². The van der Waals surface area contributed by atoms with E-state index in [2.05, 4.69) is 10.2 Å². The highest BCUT2D eigenvalue weighted by atomic mass is 35.5. The van der Waals surface area contributed by atoms with Crippen LogP contribution in [0.5, 0.6) is 11.5 Å². The molecule has 0 saturated heterocycles. The summed E-state index contributed by atoms with van der Waals surface area (Å²) < 4.78 is 16.6. The van der Waals surface area contributed by atoms with Crippen LogP contribution in [0.25, 0.3) is 22.9 Å². The molecule has 130 valence electrons. The first-order valence-corrected chi connectivity index (χ1v) is 8.57. The largest absolute Gasteiger partial charge is 0.492 e. The van der Waals surface area contributed by atoms with Crippen LogP contribution >= 0.6 is 23.2 Å². The molecule has 3 aromatic rings. The fraction of sp³-hybridized carbons (Fsp3) is 0.222. The maximum Gasteiger partial charge on any atom is 0.248 e. The topological polar surface area (TPSA) is 57.4 Å². The molecule has 0 aliphatic carbocycles. The van der Waals surface area contributed by atoms with Crippen molar-refractivity contribution in [2.45, 2.75) is 13.8 Å². The molecule has 0 N–H and O–H groups in total. The lowest BCUT2D eigenvalue weighted by Gasteiger charge is -2.06. The number of halogens is 2. The second-order valence-corrected chi connectivity index (χ2v) is 5.88. The van der Waals surface area contributed by atoms with E-state index in [0.717, 1.165) is 0 Å². The highest BCUT2D eigenvalue weighted by Gasteiger charge is 2.14. The molecule has 0 atom stereocenters. The Hall–Kier alpha value is -2.24. The first kappa shape index (κ1) is 17.6. The van der Waals surface area contributed by atoms with Crippen molar-refractivity contribution >= 4 is 23.2 Å². The molecule has 5 nitrogen and oxygen atoms in total. The highest BCUT2D eigenvalue weighted by Crippen LogP contribution is 2.33. The van der Waals surface area contributed by atoms with Crippen LogP contribution in [-0.4, -0.2) is 23.4 Å². The molecule has 0 aliphatic rings. The van der Waals surface area contributed by atoms with Crippen LogP contribution in [-0.2, 0) is 0 Å². The van der Waals surface area contributed by atoms with E-state index in [1.165, 1.54) is 0 Å². The number of hydrogen-bond acceptors (Lipinski definition) is 5. The van der Waals surface area contributed by atoms with E-state index in [-0.39, 0.29) is 0 Å². The third-order valence-corrected chi connectivity index (χ3v) is 3.97. The van der Waals surface area contributed by atoms with Gasteiger partial charge in [0, 0.05) is 11.1 Å². The van der Waals surface area contributed by atoms with Gasteiger partial charge in [-0.25, -0.2) is 0 Å². The standard InChI is InChI=1S/C18H16Cl2N2O3/c1-3-23-15-7-5-11(9-13(15)19)17-21-22-18(25-17)12-6-8-16(24-4-2)14(20)10-12/h5-10H,3-4H2,1-2H3. The predicted molar refractivity (Wildman–Crippen MR) is 97.5 cm³/mol. The van der Waals surface area contributed by atoms with Crippen molar-refractivity contribution in [2.24, 2.45) is 0 Å². The molecule has 0 amide bonds. The Labute approximate surface area is 155 Å². The second kappa shape index (κ2) is 7.76. The van der Waals surface area contributed by atoms with Crippen LogP contribution in [0.2, 0.25) is 10.0 Å². The van der Waals surface area contributed by atoms with Crippen LogP contribution in [0.3, 0.4) is 0 Å². The average molecular weight is 379 g/mol. The van der Waals surface area contributed by atoms with Gasteiger partial charge in [0.1, 0.15) is 11.5 Å². The minimum atomic E-state index is 0.366. The third kappa shape index (κ3) is 3.89. The molecular formula is C18H16Cl2N2O3. The Morgan fingerprint density at radius 1 is 0.800 bits per heavy atom. The molecule has 3 rings (SSSR count). The summed E-state index contributed by atoms with van der Waals surface area (Å²) in [6.07, 6.45) is 0. The number of hydrogen-bond donors (Lipinski definition) is 0. The molecule has 0 bridgehead atoms. The summed E-state index contributed by atoms with van der Waals surface area (Å²) in [5.74, 6) is 1.96. The van der Waals surface area contributed by atoms with Crippen LogP contribution in [0.4, 0.5) is 0 Å². The zero-order valence-electron chi connectivity index (χ0n) is 13.8. The summed E-state index contributed by atoms with van der Waals surface area (Å²) >= 11 is 12.4. The average Bonchev–Trinajstić information content (AvgIpc) is 3.09. The van der Waals surface area contributed by atoms with E-state index < -0.39 is 0 Å². The number of benzene rings is 2. The summed E-state index contributed by atoms with van der Waals surface area (Å²) in [6, 6.07) is 10.7. The number of rotatable bonds is 6. The van der Waals surface area contributed by atoms with Crippen molar-refractivity contribution in [3.05, 3.63) is 46.4 Å². The van der Waals surface area contributed by atoms with Gasteiger partial charge >= 0.3 is 0 Å². The first-order chi connectivity index (χ1) is 12.1. The van der Waals surface area contributed by atoms with Crippen LogP contribution in [0.1, 0.15) is 13.8 Å². The predicted octanol–water partition coefficient (Wildman–Crippen LogP) is 5.51. The Morgan fingerprint density at radius 2 is 1.24 bits per heavy atom. The van der Waals surface area contributed by atoms with E-state index in [1.807, 2.05) is 26.0 Å². The number of ether oxygens (including phenoxy) is 2. The van der Waals surface area contributed by atoms with Crippen molar-refractivity contribution in [1.29, 1.82) is 0 Å². The maximum absolute atomic E-state index is 6.20. The van der Waals surface area contributed by atoms with E-state index in [1.54, 1.807) is 24.3 Å². The molecule has 0 fully saturated rings. The molecule has 0 unspecified atom stereocenters. The number of aromatic nitrogens is 2. The summed E-state index contributed by atoms with van der Waals surface area (Å²) in [5.41, 5.74) is 1.42. The fourth-order valence-electron chi connectivity index (χ4n) is 2.27. The molecule has 0 radical (unpaired) electrons. The molecule has 0 spiro atoms. The lowest BCUT2D eigenvalue weighted by molar-refractivity contribution is 0.340. The molecule has 1 aromatic heterocycles. The van der Waals surface area contributed by atoms with Crippen LogP contribution in [0, 0.1) is 0 Å². The summed E-state index contributed by atoms with van der Waals surface area (Å²) in [7, 11) is 0. The molecular weight excluding hydrogens is 363 g/mol. The van der Waals surface area contributed by atoms with Crippen molar-refractivity contribution in [3.8, 4) is 34.4 Å². The van der Waals surface area contributed by atoms with E-state index in [4.69, 9.17) is 37.1 Å². The second-order valence-electron chi connectivity index (χ2n) is 5.07. The Morgan fingerprint density at radius 3 is 1.60 bits per heavy atom. The lowest BCUT2D eigenvalue weighted by Crippen LogP contribution is -1.92. The molecule has 7 heteroatoms. The Bertz CT molecular complexity index is 811. The molecule has 0 saturated carbocycles. The van der Waals surface area contributed by atoms with E-state index in [9.17, 15) is 0 Å². The first-order valence-electron chi connectivity index (χ1n) is 7.81. The zero-order valence-corrected chi connectivity index (χ0v) is 15.3. The van der Waals surface area contributed by atoms with Gasteiger partial charge in [-0.15, -0.1) is 10.2 Å². The van der Waals surface area contributed by atoms with Gasteiger partial charge in [0.2, 0.25) is 11.8 Å². The molecule has 2 aromatic carbocycles. The van der Waals surface area contributed by atoms with Crippen LogP contribution < -0.4 is 9.47 Å². The molecule has 25 heavy (non-hydrogen) atoms. The van der Waals surface area contributed by atoms with Gasteiger partial charge in [-0.05, 0) is 50.2 Å². The van der Waals surface area contributed by atoms with E-state index in [0.29, 0.717) is 57.7 Å². The smallest absolute Gasteiger partial charge is 0.248 e. The maximum atomic E-state index is 6.20. The summed E-state index contributed by atoms with van der Waals surface area (Å²) in [5, 5.41) is 9.13. The van der Waals surface area contributed by atoms with Gasteiger partial charge in [-0.1, -0.05) is 23.2 Å². The summed E-state index contributed by atoms with van der Waals surface area (Å²) in [4.78, 5) is 0. The molecule has 0 aliphatic heterocycles. The van der Waals surface area contributed by atoms with Gasteiger partial charge in [0.25, 0.3) is 0 Å². The Kier molecular flexibility index (Phi) is 5.46. The SMILES string of the molecule is CCOc1ccc(-c2nnc(-c3ccc(OCC)c(Cl)c3)o2)cc1Cl. The van der Waals surface area contributed by atoms with Crippen molar-refractivity contribution in [3.63, 3.8) is 0 Å². The zero-order chi connectivity index (χ0) is 17.8. The van der Waals surface area contributed by atoms with Crippen LogP contribution in [0.15, 0.2) is 40.8 Å². The summed E-state index contributed by atoms with van der Waals surface area (Å²) in [6.45, 7) is 4.89. The van der Waals surface area contributed by atoms with Gasteiger partial charge in [0.05, 0.1) is 23.3 Å². The van der Waals surface area contributed by atoms with Gasteiger partial charge in [-0.2, -0.15) is 0 Å². The molecule has 1 heterocycles. The number of nitrogens with zero attached hydrogens (tertiary/aromatic N) is 2. The van der Waals surface area contributed by atoms with Crippen molar-refractivity contribution in [2.75, 3.05) is 13.2 Å². The third-order valence-electron chi connectivity index (χ3n) is 3.38. The highest BCUT2D eigenvalue weighted by molar-refractivity contribution is 6.32. The minimum absolute atomic E-state index is 0.366. The monoisotopic (exact) mass is 378 g/mol. The van der Waals surface area contributed by atoms with Crippen molar-refractivity contribution in [1.82, 2.24) is 10.2 Å². The van der Waals surface area contributed by atoms with Gasteiger partial charge < -0.3 is 13.9 Å². The van der Waals surface area contributed by atoms with Crippen molar-refractivity contribution < 1.29 is 13.9 Å². The van der Waals surface area contributed by atoms with Gasteiger partial charge in [-0.3, -0.25) is 0 Å². The Balaban J connectivity index is 1.87.